The van der Waals surface area contributed by atoms with Crippen LogP contribution in [0.4, 0.5) is 0 Å². The smallest absolute Gasteiger partial charge is 0.309 e. The van der Waals surface area contributed by atoms with E-state index in [-0.39, 0.29) is 5.91 Å². The molecule has 1 amide bonds. The van der Waals surface area contributed by atoms with Gasteiger partial charge in [0.25, 0.3) is 5.91 Å². The summed E-state index contributed by atoms with van der Waals surface area (Å²) in [6.07, 6.45) is 3.77. The number of carboxylic acids is 1. The molecule has 0 saturated carbocycles. The third kappa shape index (κ3) is 5.60. The van der Waals surface area contributed by atoms with Gasteiger partial charge in [0, 0.05) is 24.5 Å². The van der Waals surface area contributed by atoms with Crippen LogP contribution in [0.15, 0.2) is 48.8 Å². The van der Waals surface area contributed by atoms with Crippen molar-refractivity contribution in [2.45, 2.75) is 26.9 Å². The zero-order valence-electron chi connectivity index (χ0n) is 14.4. The lowest BCUT2D eigenvalue weighted by Gasteiger charge is -2.18. The molecule has 0 spiro atoms. The quantitative estimate of drug-likeness (QED) is 0.770. The largest absolute Gasteiger partial charge is 0.489 e. The number of nitrogens with one attached hydrogen (secondary N) is 1. The minimum atomic E-state index is -0.877. The number of amides is 1. The number of benzene rings is 1. The molecule has 1 heterocycles. The number of carbonyl (C=O) groups excluding carboxylic acids is 1. The minimum absolute atomic E-state index is 0.234. The van der Waals surface area contributed by atoms with Gasteiger partial charge in [-0.05, 0) is 62.2 Å². The van der Waals surface area contributed by atoms with E-state index in [1.54, 1.807) is 50.5 Å². The molecule has 0 atom stereocenters. The van der Waals surface area contributed by atoms with Gasteiger partial charge in [0.05, 0.1) is 5.41 Å². The monoisotopic (exact) mass is 342 g/mol. The van der Waals surface area contributed by atoms with Gasteiger partial charge in [-0.15, -0.1) is 0 Å². The first-order chi connectivity index (χ1) is 11.9. The lowest BCUT2D eigenvalue weighted by molar-refractivity contribution is -0.147. The van der Waals surface area contributed by atoms with Crippen molar-refractivity contribution >= 4 is 11.9 Å². The number of hydrogen-bond acceptors (Lipinski definition) is 4. The molecule has 6 nitrogen and oxygen atoms in total. The Bertz CT molecular complexity index is 712. The predicted octanol–water partition coefficient (Wildman–Crippen LogP) is 2.89. The Kier molecular flexibility index (Phi) is 6.11. The fourth-order valence-electron chi connectivity index (χ4n) is 2.05. The first-order valence-corrected chi connectivity index (χ1v) is 8.02. The number of carbonyl (C=O) groups is 2. The number of carboxylic acid groups (broad SMARTS) is 1. The minimum Gasteiger partial charge on any atom is -0.489 e. The van der Waals surface area contributed by atoms with Crippen LogP contribution < -0.4 is 10.1 Å². The van der Waals surface area contributed by atoms with Gasteiger partial charge in [0.2, 0.25) is 0 Å². The maximum absolute atomic E-state index is 12.1. The summed E-state index contributed by atoms with van der Waals surface area (Å²) in [6, 6.07) is 10.6. The van der Waals surface area contributed by atoms with Crippen LogP contribution in [-0.4, -0.2) is 28.5 Å². The Balaban J connectivity index is 1.82. The Morgan fingerprint density at radius 1 is 1.12 bits per heavy atom. The van der Waals surface area contributed by atoms with Crippen LogP contribution in [0.25, 0.3) is 0 Å². The van der Waals surface area contributed by atoms with E-state index >= 15 is 0 Å². The molecule has 25 heavy (non-hydrogen) atoms. The Labute approximate surface area is 146 Å². The van der Waals surface area contributed by atoms with Gasteiger partial charge >= 0.3 is 5.97 Å². The van der Waals surface area contributed by atoms with E-state index in [0.29, 0.717) is 30.9 Å². The Hall–Kier alpha value is -2.89. The van der Waals surface area contributed by atoms with Crippen LogP contribution in [0.1, 0.15) is 36.2 Å². The molecular formula is C19H22N2O4. The lowest BCUT2D eigenvalue weighted by Crippen LogP contribution is -2.31. The van der Waals surface area contributed by atoms with Gasteiger partial charge in [0.15, 0.2) is 0 Å². The highest BCUT2D eigenvalue weighted by Gasteiger charge is 2.26. The summed E-state index contributed by atoms with van der Waals surface area (Å²) in [5.74, 6) is -0.445. The van der Waals surface area contributed by atoms with Crippen molar-refractivity contribution in [1.29, 1.82) is 0 Å². The summed E-state index contributed by atoms with van der Waals surface area (Å²) in [5, 5.41) is 11.8. The van der Waals surface area contributed by atoms with Gasteiger partial charge < -0.3 is 15.2 Å². The van der Waals surface area contributed by atoms with Gasteiger partial charge in [-0.2, -0.15) is 0 Å². The van der Waals surface area contributed by atoms with E-state index in [2.05, 4.69) is 10.3 Å². The highest BCUT2D eigenvalue weighted by Crippen LogP contribution is 2.19. The lowest BCUT2D eigenvalue weighted by atomic mass is 9.90. The molecule has 0 unspecified atom stereocenters. The summed E-state index contributed by atoms with van der Waals surface area (Å²) < 4.78 is 5.65. The summed E-state index contributed by atoms with van der Waals surface area (Å²) in [7, 11) is 0. The molecule has 1 aromatic carbocycles. The van der Waals surface area contributed by atoms with Crippen LogP contribution in [0.2, 0.25) is 0 Å². The molecule has 0 bridgehead atoms. The first kappa shape index (κ1) is 18.4. The molecule has 0 aliphatic heterocycles. The van der Waals surface area contributed by atoms with Crippen molar-refractivity contribution < 1.29 is 19.4 Å². The van der Waals surface area contributed by atoms with Gasteiger partial charge in [-0.25, -0.2) is 0 Å². The summed E-state index contributed by atoms with van der Waals surface area (Å²) in [4.78, 5) is 27.1. The van der Waals surface area contributed by atoms with Gasteiger partial charge in [0.1, 0.15) is 12.4 Å². The fraction of sp³-hybridized carbons (Fsp3) is 0.316. The van der Waals surface area contributed by atoms with Gasteiger partial charge in [-0.3, -0.25) is 14.6 Å². The van der Waals surface area contributed by atoms with Crippen molar-refractivity contribution in [3.8, 4) is 5.75 Å². The number of rotatable bonds is 8. The Morgan fingerprint density at radius 2 is 1.76 bits per heavy atom. The molecule has 2 rings (SSSR count). The zero-order chi connectivity index (χ0) is 18.3. The number of nitrogens with zero attached hydrogens (tertiary/aromatic N) is 1. The van der Waals surface area contributed by atoms with Crippen LogP contribution in [0.5, 0.6) is 5.75 Å². The van der Waals surface area contributed by atoms with Crippen LogP contribution in [0.3, 0.4) is 0 Å². The van der Waals surface area contributed by atoms with Crippen LogP contribution >= 0.6 is 0 Å². The molecule has 0 aliphatic rings. The highest BCUT2D eigenvalue weighted by atomic mass is 16.5. The van der Waals surface area contributed by atoms with Crippen molar-refractivity contribution in [1.82, 2.24) is 10.3 Å². The number of aromatic nitrogens is 1. The van der Waals surface area contributed by atoms with Crippen molar-refractivity contribution in [2.75, 3.05) is 6.54 Å². The molecular weight excluding hydrogens is 320 g/mol. The summed E-state index contributed by atoms with van der Waals surface area (Å²) >= 11 is 0. The number of hydrogen-bond donors (Lipinski definition) is 2. The number of pyridine rings is 1. The van der Waals surface area contributed by atoms with E-state index in [1.165, 1.54) is 0 Å². The van der Waals surface area contributed by atoms with E-state index in [0.717, 1.165) is 5.56 Å². The summed E-state index contributed by atoms with van der Waals surface area (Å²) in [6.45, 7) is 4.00. The average Bonchev–Trinajstić information content (AvgIpc) is 2.61. The molecule has 0 saturated heterocycles. The summed E-state index contributed by atoms with van der Waals surface area (Å²) in [5.41, 5.74) is 0.653. The van der Waals surface area contributed by atoms with Crippen LogP contribution in [0, 0.1) is 5.41 Å². The maximum Gasteiger partial charge on any atom is 0.309 e. The molecule has 1 aromatic heterocycles. The molecule has 132 valence electrons. The fourth-order valence-corrected chi connectivity index (χ4v) is 2.05. The Morgan fingerprint density at radius 3 is 2.36 bits per heavy atom. The third-order valence-corrected chi connectivity index (χ3v) is 3.89. The second-order valence-corrected chi connectivity index (χ2v) is 6.36. The molecule has 0 fully saturated rings. The number of aliphatic carboxylic acids is 1. The van der Waals surface area contributed by atoms with Crippen molar-refractivity contribution in [2.24, 2.45) is 5.41 Å². The highest BCUT2D eigenvalue weighted by molar-refractivity contribution is 5.94. The zero-order valence-corrected chi connectivity index (χ0v) is 14.4. The molecule has 0 radical (unpaired) electrons. The SMILES string of the molecule is CC(C)(CCNC(=O)c1ccc(OCc2ccncc2)cc1)C(=O)O. The van der Waals surface area contributed by atoms with Crippen molar-refractivity contribution in [3.63, 3.8) is 0 Å². The molecule has 2 aromatic rings. The van der Waals surface area contributed by atoms with E-state index in [4.69, 9.17) is 9.84 Å². The normalized spacial score (nSPS) is 11.0. The van der Waals surface area contributed by atoms with Crippen molar-refractivity contribution in [3.05, 3.63) is 59.9 Å². The third-order valence-electron chi connectivity index (χ3n) is 3.89. The maximum atomic E-state index is 12.1. The molecule has 6 heteroatoms. The second-order valence-electron chi connectivity index (χ2n) is 6.36. The van der Waals surface area contributed by atoms with E-state index < -0.39 is 11.4 Å². The van der Waals surface area contributed by atoms with Gasteiger partial charge in [-0.1, -0.05) is 0 Å². The van der Waals surface area contributed by atoms with Crippen LogP contribution in [-0.2, 0) is 11.4 Å². The number of ether oxygens (including phenoxy) is 1. The average molecular weight is 342 g/mol. The van der Waals surface area contributed by atoms with E-state index in [1.807, 2.05) is 12.1 Å². The first-order valence-electron chi connectivity index (χ1n) is 8.02. The topological polar surface area (TPSA) is 88.5 Å². The predicted molar refractivity (Wildman–Crippen MR) is 93.4 cm³/mol. The molecule has 2 N–H and O–H groups in total. The van der Waals surface area contributed by atoms with E-state index in [9.17, 15) is 9.59 Å². The second kappa shape index (κ2) is 8.28. The molecule has 0 aliphatic carbocycles. The standard InChI is InChI=1S/C19H22N2O4/c1-19(2,18(23)24)9-12-21-17(22)15-3-5-16(6-4-15)25-13-14-7-10-20-11-8-14/h3-8,10-11H,9,12-13H2,1-2H3,(H,21,22)(H,23,24).